The standard InChI is InChI=1S/C7H6.C6H7.C5H5.CH3.2ClH.Zr/c1-7-5-3-2-4-6-7;1-6-4-2-3-5-6;1-2-4-5-3-1;;;;/h1-6H;2,4H,3H2,1H3;1-3H,4H2;1H3;2*1H;. The topological polar surface area (TPSA) is 0 Å². The van der Waals surface area contributed by atoms with Crippen molar-refractivity contribution in [3.8, 4) is 0 Å². The van der Waals surface area contributed by atoms with Gasteiger partial charge in [-0.15, -0.1) is 24.8 Å². The van der Waals surface area contributed by atoms with E-state index in [-0.39, 0.29) is 24.8 Å². The van der Waals surface area contributed by atoms with Gasteiger partial charge < -0.3 is 0 Å². The molecule has 22 heavy (non-hydrogen) atoms. The van der Waals surface area contributed by atoms with Crippen molar-refractivity contribution < 1.29 is 19.8 Å². The first kappa shape index (κ1) is 19.6. The van der Waals surface area contributed by atoms with Gasteiger partial charge >= 0.3 is 126 Å². The van der Waals surface area contributed by atoms with Crippen molar-refractivity contribution in [3.63, 3.8) is 0 Å². The number of hydrogen-bond donors (Lipinski definition) is 0. The van der Waals surface area contributed by atoms with Gasteiger partial charge in [-0.25, -0.2) is 0 Å². The quantitative estimate of drug-likeness (QED) is 0.574. The van der Waals surface area contributed by atoms with Crippen LogP contribution in [-0.2, 0) is 19.8 Å². The molecular weight excluding hydrogens is 390 g/mol. The monoisotopic (exact) mass is 411 g/mol. The Hall–Kier alpha value is -0.487. The van der Waals surface area contributed by atoms with E-state index >= 15 is 0 Å². The Morgan fingerprint density at radius 2 is 1.73 bits per heavy atom. The van der Waals surface area contributed by atoms with Crippen LogP contribution in [0.15, 0.2) is 72.8 Å². The summed E-state index contributed by atoms with van der Waals surface area (Å²) in [5.41, 5.74) is 2.91. The van der Waals surface area contributed by atoms with Crippen LogP contribution in [0.5, 0.6) is 0 Å². The van der Waals surface area contributed by atoms with Gasteiger partial charge in [-0.3, -0.25) is 0 Å². The molecule has 1 unspecified atom stereocenters. The van der Waals surface area contributed by atoms with E-state index in [0.29, 0.717) is 0 Å². The fourth-order valence-electron chi connectivity index (χ4n) is 3.33. The van der Waals surface area contributed by atoms with Crippen molar-refractivity contribution in [2.24, 2.45) is 0 Å². The molecule has 0 bridgehead atoms. The van der Waals surface area contributed by atoms with Crippen molar-refractivity contribution in [2.75, 3.05) is 0 Å². The van der Waals surface area contributed by atoms with E-state index in [0.717, 1.165) is 6.42 Å². The van der Waals surface area contributed by atoms with Crippen LogP contribution in [-0.4, -0.2) is 3.71 Å². The molecule has 0 saturated heterocycles. The van der Waals surface area contributed by atoms with Crippen molar-refractivity contribution in [1.29, 1.82) is 0 Å². The van der Waals surface area contributed by atoms with Crippen LogP contribution in [0.3, 0.4) is 0 Å². The van der Waals surface area contributed by atoms with Crippen molar-refractivity contribution >= 4 is 28.5 Å². The van der Waals surface area contributed by atoms with Crippen LogP contribution in [0.1, 0.15) is 25.3 Å². The molecule has 3 heteroatoms. The molecule has 0 amide bonds. The van der Waals surface area contributed by atoms with Gasteiger partial charge in [0.05, 0.1) is 0 Å². The summed E-state index contributed by atoms with van der Waals surface area (Å²) in [6.07, 6.45) is 13.9. The molecule has 0 nitrogen and oxygen atoms in total. The summed E-state index contributed by atoms with van der Waals surface area (Å²) in [5, 5.41) is 0. The van der Waals surface area contributed by atoms with E-state index in [2.05, 4.69) is 76.0 Å². The minimum Gasteiger partial charge on any atom is -0.147 e. The number of halogens is 2. The van der Waals surface area contributed by atoms with Gasteiger partial charge in [-0.1, -0.05) is 0 Å². The number of hydrogen-bond acceptors (Lipinski definition) is 0. The van der Waals surface area contributed by atoms with E-state index in [1.54, 1.807) is 6.56 Å². The van der Waals surface area contributed by atoms with E-state index in [1.807, 2.05) is 0 Å². The molecule has 0 radical (unpaired) electrons. The molecular formula is C19H23Cl2Zr. The normalized spacial score (nSPS) is 18.4. The summed E-state index contributed by atoms with van der Waals surface area (Å²) < 4.78 is 8.67. The molecule has 2 aliphatic rings. The van der Waals surface area contributed by atoms with Gasteiger partial charge in [0, 0.05) is 0 Å². The Morgan fingerprint density at radius 3 is 2.27 bits per heavy atom. The Balaban J connectivity index is 0.00000121. The maximum atomic E-state index is 2.64. The third kappa shape index (κ3) is 3.88. The molecule has 0 aromatic heterocycles. The first-order chi connectivity index (χ1) is 9.70. The number of allylic oxidation sites excluding steroid dienone is 8. The van der Waals surface area contributed by atoms with Crippen molar-refractivity contribution in [1.82, 2.24) is 0 Å². The Labute approximate surface area is 150 Å². The van der Waals surface area contributed by atoms with Crippen LogP contribution < -0.4 is 0 Å². The molecule has 0 fully saturated rings. The van der Waals surface area contributed by atoms with E-state index in [9.17, 15) is 0 Å². The zero-order valence-electron chi connectivity index (χ0n) is 13.1. The van der Waals surface area contributed by atoms with Gasteiger partial charge in [0.2, 0.25) is 0 Å². The van der Waals surface area contributed by atoms with Gasteiger partial charge in [0.25, 0.3) is 0 Å². The van der Waals surface area contributed by atoms with E-state index < -0.39 is 19.8 Å². The van der Waals surface area contributed by atoms with Crippen LogP contribution in [0, 0.1) is 0 Å². The zero-order valence-corrected chi connectivity index (χ0v) is 17.2. The molecule has 0 heterocycles. The summed E-state index contributed by atoms with van der Waals surface area (Å²) in [5.74, 6) is 0. The summed E-state index contributed by atoms with van der Waals surface area (Å²) in [7, 11) is 0. The Morgan fingerprint density at radius 1 is 1.00 bits per heavy atom. The van der Waals surface area contributed by atoms with Gasteiger partial charge in [0.1, 0.15) is 0 Å². The molecule has 0 N–H and O–H groups in total. The second-order valence-electron chi connectivity index (χ2n) is 5.85. The fraction of sp³-hybridized carbons (Fsp3) is 0.211. The SMILES string of the molecule is CC1=[C]([Zr]([CH3])(=[CH]c2ccccc2)[C]2=CC=CC2)CC=C1.Cl.Cl. The molecule has 117 valence electrons. The first-order valence-corrected chi connectivity index (χ1v) is 13.7. The molecule has 2 aliphatic carbocycles. The van der Waals surface area contributed by atoms with E-state index in [1.165, 1.54) is 17.6 Å². The average Bonchev–Trinajstić information content (AvgIpc) is 3.11. The predicted molar refractivity (Wildman–Crippen MR) is 100 cm³/mol. The van der Waals surface area contributed by atoms with Gasteiger partial charge in [-0.05, 0) is 0 Å². The second-order valence-corrected chi connectivity index (χ2v) is 15.5. The largest absolute Gasteiger partial charge is 0.147 e. The number of benzene rings is 1. The summed E-state index contributed by atoms with van der Waals surface area (Å²) in [6, 6.07) is 10.9. The average molecular weight is 414 g/mol. The van der Waals surface area contributed by atoms with Crippen molar-refractivity contribution in [3.05, 3.63) is 78.4 Å². The third-order valence-corrected chi connectivity index (χ3v) is 15.5. The minimum absolute atomic E-state index is 0. The molecule has 1 aromatic rings. The molecule has 1 aromatic carbocycles. The van der Waals surface area contributed by atoms with Crippen LogP contribution in [0.2, 0.25) is 4.63 Å². The van der Waals surface area contributed by atoms with Crippen LogP contribution in [0.25, 0.3) is 0 Å². The Kier molecular flexibility index (Phi) is 7.46. The summed E-state index contributed by atoms with van der Waals surface area (Å²) in [6.45, 7) is 2.29. The second kappa shape index (κ2) is 8.39. The molecule has 0 spiro atoms. The molecule has 1 atom stereocenters. The zero-order chi connectivity index (χ0) is 14.0. The smallest absolute Gasteiger partial charge is 0.147 e. The van der Waals surface area contributed by atoms with Crippen LogP contribution >= 0.6 is 24.8 Å². The van der Waals surface area contributed by atoms with Crippen LogP contribution in [0.4, 0.5) is 0 Å². The third-order valence-electron chi connectivity index (χ3n) is 4.49. The first-order valence-electron chi connectivity index (χ1n) is 7.34. The maximum absolute atomic E-state index is 2.64. The van der Waals surface area contributed by atoms with Gasteiger partial charge in [0.15, 0.2) is 0 Å². The summed E-state index contributed by atoms with van der Waals surface area (Å²) in [4.78, 5) is 0. The van der Waals surface area contributed by atoms with Gasteiger partial charge in [-0.2, -0.15) is 0 Å². The fourth-order valence-corrected chi connectivity index (χ4v) is 13.2. The molecule has 0 aliphatic heterocycles. The van der Waals surface area contributed by atoms with Crippen molar-refractivity contribution in [2.45, 2.75) is 24.4 Å². The minimum atomic E-state index is -2.58. The number of rotatable bonds is 3. The summed E-state index contributed by atoms with van der Waals surface area (Å²) >= 11 is -2.58. The predicted octanol–water partition coefficient (Wildman–Crippen LogP) is 5.96. The molecule has 3 rings (SSSR count). The molecule has 0 saturated carbocycles. The maximum Gasteiger partial charge on any atom is -0.147 e. The van der Waals surface area contributed by atoms with E-state index in [4.69, 9.17) is 0 Å². The Bertz CT molecular complexity index is 691.